The first-order valence-corrected chi connectivity index (χ1v) is 4.59. The first-order chi connectivity index (χ1) is 6.72. The van der Waals surface area contributed by atoms with Crippen molar-refractivity contribution < 1.29 is 9.84 Å². The molecule has 0 saturated heterocycles. The number of ether oxygens (including phenoxy) is 1. The van der Waals surface area contributed by atoms with Crippen LogP contribution in [0.25, 0.3) is 0 Å². The Bertz CT molecular complexity index is 347. The molecular formula is C8H10ClN3O2. The zero-order valence-corrected chi connectivity index (χ0v) is 8.40. The lowest BCUT2D eigenvalue weighted by molar-refractivity contribution is 0.189. The maximum absolute atomic E-state index is 9.06. The highest BCUT2D eigenvalue weighted by molar-refractivity contribution is 6.28. The molecule has 0 saturated carbocycles. The molecule has 0 spiro atoms. The van der Waals surface area contributed by atoms with Crippen LogP contribution >= 0.6 is 11.6 Å². The Morgan fingerprint density at radius 3 is 3.29 bits per heavy atom. The predicted octanol–water partition coefficient (Wildman–Crippen LogP) is 0.319. The number of hydrogen-bond acceptors (Lipinski definition) is 5. The Morgan fingerprint density at radius 1 is 1.79 bits per heavy atom. The van der Waals surface area contributed by atoms with Crippen LogP contribution in [-0.4, -0.2) is 41.4 Å². The van der Waals surface area contributed by atoms with Gasteiger partial charge in [-0.1, -0.05) is 0 Å². The third kappa shape index (κ3) is 1.49. The number of likely N-dealkylation sites (N-methyl/N-ethyl adjacent to an activating group) is 1. The second-order valence-electron chi connectivity index (χ2n) is 3.09. The number of aliphatic hydroxyl groups is 1. The molecule has 2 heterocycles. The fraction of sp³-hybridized carbons (Fsp3) is 0.500. The molecule has 1 aromatic rings. The molecule has 76 valence electrons. The van der Waals surface area contributed by atoms with Crippen LogP contribution in [0.3, 0.4) is 0 Å². The molecule has 0 bridgehead atoms. The van der Waals surface area contributed by atoms with E-state index in [9.17, 15) is 0 Å². The quantitative estimate of drug-likeness (QED) is 0.684. The van der Waals surface area contributed by atoms with Crippen molar-refractivity contribution in [3.8, 4) is 5.75 Å². The second kappa shape index (κ2) is 3.59. The molecule has 0 radical (unpaired) electrons. The van der Waals surface area contributed by atoms with E-state index in [2.05, 4.69) is 9.97 Å². The Morgan fingerprint density at radius 2 is 2.57 bits per heavy atom. The third-order valence-electron chi connectivity index (χ3n) is 2.23. The summed E-state index contributed by atoms with van der Waals surface area (Å²) in [6.07, 6.45) is 1.54. The highest BCUT2D eigenvalue weighted by Gasteiger charge is 2.25. The topological polar surface area (TPSA) is 58.5 Å². The number of aromatic nitrogens is 2. The number of anilines is 1. The molecule has 0 aliphatic carbocycles. The summed E-state index contributed by atoms with van der Waals surface area (Å²) in [4.78, 5) is 9.69. The molecule has 1 N–H and O–H groups in total. The minimum atomic E-state index is -0.0755. The lowest BCUT2D eigenvalue weighted by Crippen LogP contribution is -2.43. The largest absolute Gasteiger partial charge is 0.486 e. The predicted molar refractivity (Wildman–Crippen MR) is 51.8 cm³/mol. The standard InChI is InChI=1S/C8H10ClN3O2/c1-12-5(3-13)4-14-6-2-10-8(9)11-7(6)12/h2,5,13H,3-4H2,1H3/t5-/m1/s1. The number of halogens is 1. The molecule has 1 aliphatic rings. The third-order valence-corrected chi connectivity index (χ3v) is 2.41. The van der Waals surface area contributed by atoms with Gasteiger partial charge in [-0.25, -0.2) is 4.98 Å². The van der Waals surface area contributed by atoms with Gasteiger partial charge in [0.05, 0.1) is 18.8 Å². The minimum absolute atomic E-state index is 0.0254. The number of aliphatic hydroxyl groups excluding tert-OH is 1. The van der Waals surface area contributed by atoms with Gasteiger partial charge in [0.15, 0.2) is 11.6 Å². The molecule has 1 atom stereocenters. The van der Waals surface area contributed by atoms with Crippen molar-refractivity contribution in [1.82, 2.24) is 9.97 Å². The Balaban J connectivity index is 2.38. The summed E-state index contributed by atoms with van der Waals surface area (Å²) in [5.74, 6) is 1.22. The van der Waals surface area contributed by atoms with Gasteiger partial charge >= 0.3 is 0 Å². The van der Waals surface area contributed by atoms with Crippen LogP contribution in [0.15, 0.2) is 6.20 Å². The van der Waals surface area contributed by atoms with Gasteiger partial charge in [0, 0.05) is 7.05 Å². The highest BCUT2D eigenvalue weighted by Crippen LogP contribution is 2.30. The first-order valence-electron chi connectivity index (χ1n) is 4.21. The van der Waals surface area contributed by atoms with Gasteiger partial charge in [-0.15, -0.1) is 0 Å². The van der Waals surface area contributed by atoms with Crippen molar-refractivity contribution in [3.05, 3.63) is 11.5 Å². The van der Waals surface area contributed by atoms with Crippen molar-refractivity contribution in [2.24, 2.45) is 0 Å². The fourth-order valence-corrected chi connectivity index (χ4v) is 1.47. The zero-order chi connectivity index (χ0) is 10.1. The van der Waals surface area contributed by atoms with E-state index in [0.29, 0.717) is 18.2 Å². The van der Waals surface area contributed by atoms with Gasteiger partial charge in [-0.05, 0) is 11.6 Å². The number of nitrogens with zero attached hydrogens (tertiary/aromatic N) is 3. The van der Waals surface area contributed by atoms with E-state index in [4.69, 9.17) is 21.4 Å². The molecule has 0 amide bonds. The summed E-state index contributed by atoms with van der Waals surface area (Å²) in [5.41, 5.74) is 0. The van der Waals surface area contributed by atoms with Crippen LogP contribution in [0.5, 0.6) is 5.75 Å². The summed E-state index contributed by atoms with van der Waals surface area (Å²) in [6, 6.07) is -0.0755. The van der Waals surface area contributed by atoms with Crippen LogP contribution in [0.2, 0.25) is 5.28 Å². The van der Waals surface area contributed by atoms with E-state index in [1.54, 1.807) is 0 Å². The van der Waals surface area contributed by atoms with Gasteiger partial charge in [0.1, 0.15) is 6.61 Å². The molecule has 0 fully saturated rings. The van der Waals surface area contributed by atoms with Crippen molar-refractivity contribution in [2.75, 3.05) is 25.2 Å². The molecule has 2 rings (SSSR count). The van der Waals surface area contributed by atoms with Gasteiger partial charge in [0.25, 0.3) is 0 Å². The second-order valence-corrected chi connectivity index (χ2v) is 3.42. The lowest BCUT2D eigenvalue weighted by Gasteiger charge is -2.33. The maximum atomic E-state index is 9.06. The SMILES string of the molecule is CN1c2nc(Cl)ncc2OC[C@H]1CO. The van der Waals surface area contributed by atoms with Crippen LogP contribution in [0.4, 0.5) is 5.82 Å². The molecule has 0 aromatic carbocycles. The van der Waals surface area contributed by atoms with Crippen molar-refractivity contribution in [3.63, 3.8) is 0 Å². The average Bonchev–Trinajstić information content (AvgIpc) is 2.20. The summed E-state index contributed by atoms with van der Waals surface area (Å²) in [5, 5.41) is 9.24. The van der Waals surface area contributed by atoms with Crippen molar-refractivity contribution in [2.45, 2.75) is 6.04 Å². The van der Waals surface area contributed by atoms with Gasteiger partial charge in [-0.3, -0.25) is 0 Å². The van der Waals surface area contributed by atoms with E-state index < -0.39 is 0 Å². The number of hydrogen-bond donors (Lipinski definition) is 1. The Kier molecular flexibility index (Phi) is 2.43. The van der Waals surface area contributed by atoms with Crippen molar-refractivity contribution in [1.29, 1.82) is 0 Å². The molecule has 14 heavy (non-hydrogen) atoms. The van der Waals surface area contributed by atoms with E-state index in [0.717, 1.165) is 0 Å². The molecule has 6 heteroatoms. The normalized spacial score (nSPS) is 20.2. The van der Waals surface area contributed by atoms with Crippen LogP contribution in [-0.2, 0) is 0 Å². The van der Waals surface area contributed by atoms with E-state index in [1.165, 1.54) is 6.20 Å². The summed E-state index contributed by atoms with van der Waals surface area (Å²) in [7, 11) is 1.84. The summed E-state index contributed by atoms with van der Waals surface area (Å²) < 4.78 is 5.37. The van der Waals surface area contributed by atoms with E-state index >= 15 is 0 Å². The number of rotatable bonds is 1. The average molecular weight is 216 g/mol. The van der Waals surface area contributed by atoms with E-state index in [-0.39, 0.29) is 17.9 Å². The van der Waals surface area contributed by atoms with Crippen molar-refractivity contribution >= 4 is 17.4 Å². The zero-order valence-electron chi connectivity index (χ0n) is 7.64. The monoisotopic (exact) mass is 215 g/mol. The Hall–Kier alpha value is -1.07. The molecule has 5 nitrogen and oxygen atoms in total. The lowest BCUT2D eigenvalue weighted by atomic mass is 10.2. The fourth-order valence-electron chi connectivity index (χ4n) is 1.34. The van der Waals surface area contributed by atoms with Crippen LogP contribution in [0, 0.1) is 0 Å². The minimum Gasteiger partial charge on any atom is -0.486 e. The van der Waals surface area contributed by atoms with Crippen LogP contribution < -0.4 is 9.64 Å². The maximum Gasteiger partial charge on any atom is 0.224 e. The van der Waals surface area contributed by atoms with Gasteiger partial charge < -0.3 is 14.7 Å². The molecule has 1 aliphatic heterocycles. The molecular weight excluding hydrogens is 206 g/mol. The molecule has 0 unspecified atom stereocenters. The van der Waals surface area contributed by atoms with E-state index in [1.807, 2.05) is 11.9 Å². The van der Waals surface area contributed by atoms with Gasteiger partial charge in [-0.2, -0.15) is 4.98 Å². The smallest absolute Gasteiger partial charge is 0.224 e. The Labute approximate surface area is 86.3 Å². The first kappa shape index (κ1) is 9.48. The van der Waals surface area contributed by atoms with Gasteiger partial charge in [0.2, 0.25) is 5.28 Å². The summed E-state index contributed by atoms with van der Waals surface area (Å²) in [6.45, 7) is 0.461. The molecule has 1 aromatic heterocycles. The van der Waals surface area contributed by atoms with Crippen LogP contribution in [0.1, 0.15) is 0 Å². The highest BCUT2D eigenvalue weighted by atomic mass is 35.5. The number of fused-ring (bicyclic) bond motifs is 1. The summed E-state index contributed by atoms with van der Waals surface area (Å²) >= 11 is 5.67.